The maximum atomic E-state index is 11.0. The molecule has 1 heterocycles. The molecule has 0 atom stereocenters. The monoisotopic (exact) mass is 170 g/mol. The van der Waals surface area contributed by atoms with Crippen molar-refractivity contribution in [3.63, 3.8) is 0 Å². The summed E-state index contributed by atoms with van der Waals surface area (Å²) in [7, 11) is 0. The van der Waals surface area contributed by atoms with E-state index in [-0.39, 0.29) is 18.9 Å². The second kappa shape index (κ2) is 3.34. The number of rotatable bonds is 1. The summed E-state index contributed by atoms with van der Waals surface area (Å²) in [6, 6.07) is 0. The molecule has 0 aromatic rings. The lowest BCUT2D eigenvalue weighted by Gasteiger charge is -2.23. The number of carbonyl (C=O) groups is 3. The second-order valence-corrected chi connectivity index (χ2v) is 2.46. The fourth-order valence-corrected chi connectivity index (χ4v) is 1.01. The van der Waals surface area contributed by atoms with Crippen LogP contribution in [0.4, 0.5) is 0 Å². The number of carbonyl (C=O) groups excluding carboxylic acids is 3. The van der Waals surface area contributed by atoms with Gasteiger partial charge in [-0.25, -0.2) is 0 Å². The standard InChI is InChI=1S/C7H10N2O3/c1-2-5(10)9-4-3-8-6(11)7(9)12/h2-4H2,1H3,(H,8,11). The molecule has 1 N–H and O–H groups in total. The van der Waals surface area contributed by atoms with Crippen LogP contribution in [-0.2, 0) is 14.4 Å². The van der Waals surface area contributed by atoms with E-state index < -0.39 is 11.8 Å². The van der Waals surface area contributed by atoms with Crippen molar-refractivity contribution in [3.05, 3.63) is 0 Å². The number of amides is 3. The van der Waals surface area contributed by atoms with Crippen molar-refractivity contribution in [2.24, 2.45) is 0 Å². The van der Waals surface area contributed by atoms with Crippen LogP contribution in [0, 0.1) is 0 Å². The molecule has 0 aromatic heterocycles. The third-order valence-electron chi connectivity index (χ3n) is 1.66. The molecule has 0 aromatic carbocycles. The highest BCUT2D eigenvalue weighted by Gasteiger charge is 2.29. The first kappa shape index (κ1) is 8.70. The molecule has 3 amide bonds. The van der Waals surface area contributed by atoms with Gasteiger partial charge in [-0.1, -0.05) is 6.92 Å². The van der Waals surface area contributed by atoms with Crippen LogP contribution in [0.5, 0.6) is 0 Å². The minimum absolute atomic E-state index is 0.249. The highest BCUT2D eigenvalue weighted by molar-refractivity contribution is 6.38. The molecular formula is C7H10N2O3. The number of hydrogen-bond donors (Lipinski definition) is 1. The van der Waals surface area contributed by atoms with Crippen molar-refractivity contribution in [3.8, 4) is 0 Å². The number of piperazine rings is 1. The summed E-state index contributed by atoms with van der Waals surface area (Å²) >= 11 is 0. The summed E-state index contributed by atoms with van der Waals surface area (Å²) < 4.78 is 0. The van der Waals surface area contributed by atoms with Gasteiger partial charge in [-0.15, -0.1) is 0 Å². The lowest BCUT2D eigenvalue weighted by molar-refractivity contribution is -0.154. The van der Waals surface area contributed by atoms with Crippen molar-refractivity contribution in [2.75, 3.05) is 13.1 Å². The number of imide groups is 1. The van der Waals surface area contributed by atoms with Gasteiger partial charge in [-0.2, -0.15) is 0 Å². The zero-order chi connectivity index (χ0) is 9.14. The number of nitrogens with zero attached hydrogens (tertiary/aromatic N) is 1. The lowest BCUT2D eigenvalue weighted by Crippen LogP contribution is -2.54. The Kier molecular flexibility index (Phi) is 2.42. The van der Waals surface area contributed by atoms with Crippen LogP contribution in [0.2, 0.25) is 0 Å². The maximum Gasteiger partial charge on any atom is 0.318 e. The van der Waals surface area contributed by atoms with Gasteiger partial charge in [0.05, 0.1) is 0 Å². The van der Waals surface area contributed by atoms with E-state index in [0.29, 0.717) is 6.54 Å². The summed E-state index contributed by atoms with van der Waals surface area (Å²) in [6.45, 7) is 2.30. The summed E-state index contributed by atoms with van der Waals surface area (Å²) in [5.41, 5.74) is 0. The van der Waals surface area contributed by atoms with Crippen LogP contribution in [-0.4, -0.2) is 35.7 Å². The average Bonchev–Trinajstić information content (AvgIpc) is 2.08. The van der Waals surface area contributed by atoms with Gasteiger partial charge in [-0.3, -0.25) is 19.3 Å². The summed E-state index contributed by atoms with van der Waals surface area (Å²) in [4.78, 5) is 33.8. The van der Waals surface area contributed by atoms with Crippen molar-refractivity contribution >= 4 is 17.7 Å². The van der Waals surface area contributed by atoms with E-state index in [1.165, 1.54) is 0 Å². The third kappa shape index (κ3) is 1.44. The van der Waals surface area contributed by atoms with Gasteiger partial charge in [0.2, 0.25) is 5.91 Å². The largest absolute Gasteiger partial charge is 0.346 e. The molecule has 1 rings (SSSR count). The molecule has 1 aliphatic rings. The Labute approximate surface area is 69.7 Å². The van der Waals surface area contributed by atoms with Gasteiger partial charge >= 0.3 is 11.8 Å². The minimum atomic E-state index is -0.742. The fraction of sp³-hybridized carbons (Fsp3) is 0.571. The molecule has 1 saturated heterocycles. The number of nitrogens with one attached hydrogen (secondary N) is 1. The van der Waals surface area contributed by atoms with E-state index in [9.17, 15) is 14.4 Å². The van der Waals surface area contributed by atoms with Gasteiger partial charge in [0.15, 0.2) is 0 Å². The first-order valence-corrected chi connectivity index (χ1v) is 3.79. The first-order valence-electron chi connectivity index (χ1n) is 3.79. The molecule has 1 aliphatic heterocycles. The van der Waals surface area contributed by atoms with Crippen molar-refractivity contribution in [1.82, 2.24) is 10.2 Å². The summed E-state index contributed by atoms with van der Waals surface area (Å²) in [6.07, 6.45) is 0.249. The Morgan fingerprint density at radius 3 is 2.83 bits per heavy atom. The third-order valence-corrected chi connectivity index (χ3v) is 1.66. The lowest BCUT2D eigenvalue weighted by atomic mass is 10.3. The molecule has 0 saturated carbocycles. The number of hydrogen-bond acceptors (Lipinski definition) is 3. The van der Waals surface area contributed by atoms with Gasteiger partial charge in [0, 0.05) is 19.5 Å². The molecule has 5 nitrogen and oxygen atoms in total. The quantitative estimate of drug-likeness (QED) is 0.507. The van der Waals surface area contributed by atoms with Gasteiger partial charge in [0.1, 0.15) is 0 Å². The molecule has 1 fully saturated rings. The average molecular weight is 170 g/mol. The molecule has 0 bridgehead atoms. The molecule has 0 spiro atoms. The van der Waals surface area contributed by atoms with Crippen molar-refractivity contribution in [2.45, 2.75) is 13.3 Å². The van der Waals surface area contributed by atoms with E-state index in [1.807, 2.05) is 0 Å². The normalized spacial score (nSPS) is 17.6. The van der Waals surface area contributed by atoms with Crippen LogP contribution in [0.15, 0.2) is 0 Å². The van der Waals surface area contributed by atoms with Crippen LogP contribution in [0.3, 0.4) is 0 Å². The highest BCUT2D eigenvalue weighted by atomic mass is 16.2. The van der Waals surface area contributed by atoms with Crippen molar-refractivity contribution < 1.29 is 14.4 Å². The highest BCUT2D eigenvalue weighted by Crippen LogP contribution is 1.98. The zero-order valence-electron chi connectivity index (χ0n) is 6.79. The SMILES string of the molecule is CCC(=O)N1CCNC(=O)C1=O. The van der Waals surface area contributed by atoms with E-state index >= 15 is 0 Å². The predicted molar refractivity (Wildman–Crippen MR) is 40.0 cm³/mol. The molecule has 0 aliphatic carbocycles. The summed E-state index contributed by atoms with van der Waals surface area (Å²) in [5.74, 6) is -1.73. The Bertz CT molecular complexity index is 237. The van der Waals surface area contributed by atoms with Crippen LogP contribution < -0.4 is 5.32 Å². The molecule has 66 valence electrons. The Morgan fingerprint density at radius 2 is 2.25 bits per heavy atom. The van der Waals surface area contributed by atoms with Gasteiger partial charge in [-0.05, 0) is 0 Å². The molecule has 5 heteroatoms. The Morgan fingerprint density at radius 1 is 1.58 bits per heavy atom. The molecule has 12 heavy (non-hydrogen) atoms. The fourth-order valence-electron chi connectivity index (χ4n) is 1.01. The zero-order valence-corrected chi connectivity index (χ0v) is 6.79. The molecular weight excluding hydrogens is 160 g/mol. The first-order chi connectivity index (χ1) is 5.66. The molecule has 0 radical (unpaired) electrons. The van der Waals surface area contributed by atoms with E-state index in [2.05, 4.69) is 5.32 Å². The predicted octanol–water partition coefficient (Wildman–Crippen LogP) is -1.12. The van der Waals surface area contributed by atoms with E-state index in [1.54, 1.807) is 6.92 Å². The van der Waals surface area contributed by atoms with Gasteiger partial charge < -0.3 is 5.32 Å². The van der Waals surface area contributed by atoms with E-state index in [4.69, 9.17) is 0 Å². The Balaban J connectivity index is 2.70. The minimum Gasteiger partial charge on any atom is -0.346 e. The van der Waals surface area contributed by atoms with E-state index in [0.717, 1.165) is 4.90 Å². The van der Waals surface area contributed by atoms with Crippen LogP contribution in [0.1, 0.15) is 13.3 Å². The Hall–Kier alpha value is -1.39. The van der Waals surface area contributed by atoms with Crippen molar-refractivity contribution in [1.29, 1.82) is 0 Å². The smallest absolute Gasteiger partial charge is 0.318 e. The summed E-state index contributed by atoms with van der Waals surface area (Å²) in [5, 5.41) is 2.36. The van der Waals surface area contributed by atoms with Gasteiger partial charge in [0.25, 0.3) is 0 Å². The van der Waals surface area contributed by atoms with Crippen LogP contribution in [0.25, 0.3) is 0 Å². The second-order valence-electron chi connectivity index (χ2n) is 2.46. The molecule has 0 unspecified atom stereocenters. The van der Waals surface area contributed by atoms with Crippen LogP contribution >= 0.6 is 0 Å². The topological polar surface area (TPSA) is 66.5 Å². The maximum absolute atomic E-state index is 11.0.